The SMILES string of the molecule is CCCc1nc2sc3c(NCC(OC)OC)nc(SC)nc3c2c2c1CCC2. The first-order chi connectivity index (χ1) is 13.7. The fourth-order valence-electron chi connectivity index (χ4n) is 3.92. The number of nitrogens with one attached hydrogen (secondary N) is 1. The third-order valence-corrected chi connectivity index (χ3v) is 6.86. The number of rotatable bonds is 8. The van der Waals surface area contributed by atoms with Crippen molar-refractivity contribution in [3.8, 4) is 0 Å². The largest absolute Gasteiger partial charge is 0.364 e. The molecule has 0 aromatic carbocycles. The molecule has 0 fully saturated rings. The molecule has 0 bridgehead atoms. The maximum absolute atomic E-state index is 5.31. The maximum atomic E-state index is 5.31. The number of thiophene rings is 1. The topological polar surface area (TPSA) is 69.2 Å². The fourth-order valence-corrected chi connectivity index (χ4v) is 5.42. The zero-order chi connectivity index (χ0) is 19.7. The number of methoxy groups -OCH3 is 2. The third kappa shape index (κ3) is 3.47. The number of aromatic nitrogens is 3. The minimum atomic E-state index is -0.323. The summed E-state index contributed by atoms with van der Waals surface area (Å²) < 4.78 is 11.7. The zero-order valence-electron chi connectivity index (χ0n) is 16.8. The first-order valence-electron chi connectivity index (χ1n) is 9.68. The summed E-state index contributed by atoms with van der Waals surface area (Å²) in [6.45, 7) is 2.74. The highest BCUT2D eigenvalue weighted by atomic mass is 32.2. The van der Waals surface area contributed by atoms with Crippen molar-refractivity contribution in [1.29, 1.82) is 0 Å². The molecule has 0 saturated heterocycles. The lowest BCUT2D eigenvalue weighted by Gasteiger charge is -2.15. The Labute approximate surface area is 173 Å². The average Bonchev–Trinajstić information content (AvgIpc) is 3.33. The Bertz CT molecular complexity index is 1000. The van der Waals surface area contributed by atoms with Crippen LogP contribution in [0.3, 0.4) is 0 Å². The molecule has 0 radical (unpaired) electrons. The van der Waals surface area contributed by atoms with Crippen molar-refractivity contribution < 1.29 is 9.47 Å². The van der Waals surface area contributed by atoms with Crippen molar-refractivity contribution in [3.05, 3.63) is 16.8 Å². The van der Waals surface area contributed by atoms with Gasteiger partial charge in [-0.2, -0.15) is 0 Å². The molecule has 3 aromatic heterocycles. The number of fused-ring (bicyclic) bond motifs is 5. The summed E-state index contributed by atoms with van der Waals surface area (Å²) in [4.78, 5) is 15.8. The molecule has 0 spiro atoms. The van der Waals surface area contributed by atoms with Crippen LogP contribution in [-0.4, -0.2) is 48.3 Å². The van der Waals surface area contributed by atoms with Crippen molar-refractivity contribution in [3.63, 3.8) is 0 Å². The van der Waals surface area contributed by atoms with E-state index in [1.165, 1.54) is 28.6 Å². The van der Waals surface area contributed by atoms with Crippen LogP contribution in [0.5, 0.6) is 0 Å². The number of ether oxygens (including phenoxy) is 2. The van der Waals surface area contributed by atoms with Crippen LogP contribution in [0.4, 0.5) is 5.82 Å². The van der Waals surface area contributed by atoms with Gasteiger partial charge in [-0.25, -0.2) is 15.0 Å². The van der Waals surface area contributed by atoms with Crippen molar-refractivity contribution in [2.24, 2.45) is 0 Å². The Kier molecular flexibility index (Phi) is 6.01. The lowest BCUT2D eigenvalue weighted by atomic mass is 10.0. The van der Waals surface area contributed by atoms with Gasteiger partial charge in [-0.05, 0) is 43.1 Å². The molecule has 0 aliphatic heterocycles. The van der Waals surface area contributed by atoms with Crippen LogP contribution >= 0.6 is 23.1 Å². The van der Waals surface area contributed by atoms with E-state index in [-0.39, 0.29) is 6.29 Å². The Morgan fingerprint density at radius 3 is 2.64 bits per heavy atom. The van der Waals surface area contributed by atoms with Gasteiger partial charge in [-0.1, -0.05) is 25.1 Å². The molecular weight excluding hydrogens is 392 g/mol. The molecule has 28 heavy (non-hydrogen) atoms. The number of thioether (sulfide) groups is 1. The van der Waals surface area contributed by atoms with Gasteiger partial charge in [-0.3, -0.25) is 0 Å². The van der Waals surface area contributed by atoms with E-state index in [9.17, 15) is 0 Å². The van der Waals surface area contributed by atoms with Gasteiger partial charge in [0, 0.05) is 25.3 Å². The molecule has 1 aliphatic rings. The number of nitrogens with zero attached hydrogens (tertiary/aromatic N) is 3. The molecule has 3 heterocycles. The van der Waals surface area contributed by atoms with Gasteiger partial charge < -0.3 is 14.8 Å². The highest BCUT2D eigenvalue weighted by molar-refractivity contribution is 7.98. The second-order valence-corrected chi connectivity index (χ2v) is 8.69. The van der Waals surface area contributed by atoms with Gasteiger partial charge in [0.25, 0.3) is 0 Å². The second kappa shape index (κ2) is 8.49. The summed E-state index contributed by atoms with van der Waals surface area (Å²) in [6.07, 6.45) is 7.31. The summed E-state index contributed by atoms with van der Waals surface area (Å²) in [6, 6.07) is 0. The van der Waals surface area contributed by atoms with Crippen LogP contribution < -0.4 is 5.32 Å². The van der Waals surface area contributed by atoms with Crippen molar-refractivity contribution >= 4 is 49.3 Å². The van der Waals surface area contributed by atoms with E-state index in [2.05, 4.69) is 12.2 Å². The lowest BCUT2D eigenvalue weighted by molar-refractivity contribution is -0.0914. The Morgan fingerprint density at radius 1 is 1.14 bits per heavy atom. The standard InChI is InChI=1S/C20H26N4O2S2/c1-5-7-13-11-8-6-9-12(11)15-16-17(28-19(15)22-13)18(24-20(23-16)27-4)21-10-14(25-2)26-3/h14H,5-10H2,1-4H3,(H,21,23,24). The number of hydrogen-bond donors (Lipinski definition) is 1. The van der Waals surface area contributed by atoms with Gasteiger partial charge in [0.05, 0.1) is 16.8 Å². The minimum absolute atomic E-state index is 0.323. The molecule has 4 rings (SSSR count). The van der Waals surface area contributed by atoms with Crippen LogP contribution in [0, 0.1) is 0 Å². The highest BCUT2D eigenvalue weighted by Gasteiger charge is 2.24. The molecule has 0 saturated carbocycles. The molecule has 6 nitrogen and oxygen atoms in total. The summed E-state index contributed by atoms with van der Waals surface area (Å²) in [5.74, 6) is 0.834. The Hall–Kier alpha value is -1.48. The van der Waals surface area contributed by atoms with Crippen LogP contribution in [0.25, 0.3) is 20.4 Å². The number of hydrogen-bond acceptors (Lipinski definition) is 8. The smallest absolute Gasteiger partial charge is 0.189 e. The monoisotopic (exact) mass is 418 g/mol. The van der Waals surface area contributed by atoms with Gasteiger partial charge in [-0.15, -0.1) is 11.3 Å². The average molecular weight is 419 g/mol. The van der Waals surface area contributed by atoms with E-state index >= 15 is 0 Å². The van der Waals surface area contributed by atoms with Crippen LogP contribution in [0.2, 0.25) is 0 Å². The molecule has 8 heteroatoms. The molecule has 150 valence electrons. The predicted molar refractivity (Wildman–Crippen MR) is 117 cm³/mol. The second-order valence-electron chi connectivity index (χ2n) is 6.92. The molecule has 1 aliphatic carbocycles. The van der Waals surface area contributed by atoms with E-state index in [4.69, 9.17) is 24.4 Å². The summed E-state index contributed by atoms with van der Waals surface area (Å²) in [5, 5.41) is 5.41. The minimum Gasteiger partial charge on any atom is -0.364 e. The Morgan fingerprint density at radius 2 is 1.93 bits per heavy atom. The lowest BCUT2D eigenvalue weighted by Crippen LogP contribution is -2.24. The number of anilines is 1. The van der Waals surface area contributed by atoms with Crippen LogP contribution in [0.1, 0.15) is 36.6 Å². The summed E-state index contributed by atoms with van der Waals surface area (Å²) in [5.41, 5.74) is 5.23. The molecule has 0 unspecified atom stereocenters. The number of aryl methyl sites for hydroxylation is 2. The first-order valence-corrected chi connectivity index (χ1v) is 11.7. The predicted octanol–water partition coefficient (Wildman–Crippen LogP) is 4.43. The number of pyridine rings is 1. The van der Waals surface area contributed by atoms with Crippen molar-refractivity contribution in [2.45, 2.75) is 50.5 Å². The summed E-state index contributed by atoms with van der Waals surface area (Å²) in [7, 11) is 3.28. The van der Waals surface area contributed by atoms with E-state index in [0.29, 0.717) is 6.54 Å². The Balaban J connectivity index is 1.89. The quantitative estimate of drug-likeness (QED) is 0.330. The van der Waals surface area contributed by atoms with E-state index < -0.39 is 0 Å². The van der Waals surface area contributed by atoms with Crippen LogP contribution in [0.15, 0.2) is 5.16 Å². The van der Waals surface area contributed by atoms with E-state index in [1.807, 2.05) is 6.26 Å². The van der Waals surface area contributed by atoms with Gasteiger partial charge in [0.1, 0.15) is 10.6 Å². The normalized spacial score (nSPS) is 13.8. The summed E-state index contributed by atoms with van der Waals surface area (Å²) >= 11 is 3.25. The zero-order valence-corrected chi connectivity index (χ0v) is 18.4. The highest BCUT2D eigenvalue weighted by Crippen LogP contribution is 2.42. The molecular formula is C20H26N4O2S2. The maximum Gasteiger partial charge on any atom is 0.189 e. The van der Waals surface area contributed by atoms with Gasteiger partial charge in [0.2, 0.25) is 0 Å². The first kappa shape index (κ1) is 19.8. The van der Waals surface area contributed by atoms with Crippen LogP contribution in [-0.2, 0) is 28.7 Å². The van der Waals surface area contributed by atoms with Gasteiger partial charge in [0.15, 0.2) is 11.4 Å². The molecule has 0 atom stereocenters. The van der Waals surface area contributed by atoms with Crippen molar-refractivity contribution in [2.75, 3.05) is 32.3 Å². The molecule has 1 N–H and O–H groups in total. The van der Waals surface area contributed by atoms with Crippen molar-refractivity contribution in [1.82, 2.24) is 15.0 Å². The van der Waals surface area contributed by atoms with E-state index in [1.54, 1.807) is 37.3 Å². The fraction of sp³-hybridized carbons (Fsp3) is 0.550. The van der Waals surface area contributed by atoms with Gasteiger partial charge >= 0.3 is 0 Å². The molecule has 3 aromatic rings. The molecule has 0 amide bonds. The third-order valence-electron chi connectivity index (χ3n) is 5.23. The van der Waals surface area contributed by atoms with E-state index in [0.717, 1.165) is 51.7 Å².